The van der Waals surface area contributed by atoms with E-state index in [0.29, 0.717) is 0 Å². The molecule has 0 bridgehead atoms. The van der Waals surface area contributed by atoms with E-state index in [1.807, 2.05) is 47.7 Å². The number of rotatable bonds is 6. The van der Waals surface area contributed by atoms with Gasteiger partial charge in [0.1, 0.15) is 10.0 Å². The van der Waals surface area contributed by atoms with Gasteiger partial charge in [-0.3, -0.25) is 9.97 Å². The van der Waals surface area contributed by atoms with Gasteiger partial charge in [-0.05, 0) is 74.1 Å². The molecule has 4 nitrogen and oxygen atoms in total. The van der Waals surface area contributed by atoms with Crippen molar-refractivity contribution in [2.45, 2.75) is 0 Å². The molecule has 4 heterocycles. The zero-order valence-electron chi connectivity index (χ0n) is 25.6. The number of benzene rings is 5. The molecule has 0 atom stereocenters. The van der Waals surface area contributed by atoms with Gasteiger partial charge in [0.15, 0.2) is 0 Å². The topological polar surface area (TPSA) is 51.6 Å². The zero-order valence-corrected chi connectivity index (χ0v) is 27.2. The molecule has 226 valence electrons. The van der Waals surface area contributed by atoms with Crippen molar-refractivity contribution in [3.63, 3.8) is 0 Å². The van der Waals surface area contributed by atoms with E-state index in [0.717, 1.165) is 70.8 Å². The number of pyridine rings is 2. The number of thiazole rings is 2. The van der Waals surface area contributed by atoms with Crippen LogP contribution in [0.4, 0.5) is 0 Å². The molecule has 0 unspecified atom stereocenters. The van der Waals surface area contributed by atoms with Crippen LogP contribution in [-0.2, 0) is 0 Å². The van der Waals surface area contributed by atoms with Crippen LogP contribution in [0.15, 0.2) is 157 Å². The van der Waals surface area contributed by atoms with Gasteiger partial charge in [-0.2, -0.15) is 0 Å². The minimum absolute atomic E-state index is 0.911. The van der Waals surface area contributed by atoms with Crippen molar-refractivity contribution in [1.29, 1.82) is 0 Å². The predicted octanol–water partition coefficient (Wildman–Crippen LogP) is 11.7. The quantitative estimate of drug-likeness (QED) is 0.168. The monoisotopic (exact) mass is 650 g/mol. The molecule has 0 fully saturated rings. The number of nitrogens with zero attached hydrogens (tertiary/aromatic N) is 4. The van der Waals surface area contributed by atoms with Crippen molar-refractivity contribution in [3.05, 3.63) is 157 Å². The van der Waals surface area contributed by atoms with E-state index < -0.39 is 0 Å². The third-order valence-corrected chi connectivity index (χ3v) is 10.4. The van der Waals surface area contributed by atoms with Gasteiger partial charge >= 0.3 is 0 Å². The maximum Gasteiger partial charge on any atom is 0.123 e. The third kappa shape index (κ3) is 4.99. The maximum absolute atomic E-state index is 4.99. The van der Waals surface area contributed by atoms with Gasteiger partial charge in [-0.1, -0.05) is 91.0 Å². The molecular weight excluding hydrogens is 625 g/mol. The molecule has 0 amide bonds. The standard InChI is InChI=1S/C42H26N4S2/c1-2-8-27(9-3-1)31-10-4-5-11-32(31)28-14-15-35-36(24-28)40(38-26-30(17-19-44-38)42-46-21-23-48-42)34-13-7-6-12-33(34)39(35)37-25-29(16-18-43-37)41-45-20-22-47-41/h1-26H. The maximum atomic E-state index is 4.99. The highest BCUT2D eigenvalue weighted by molar-refractivity contribution is 7.13. The molecule has 0 saturated carbocycles. The van der Waals surface area contributed by atoms with Crippen molar-refractivity contribution in [2.24, 2.45) is 0 Å². The minimum atomic E-state index is 0.911. The average molecular weight is 651 g/mol. The van der Waals surface area contributed by atoms with Crippen molar-refractivity contribution < 1.29 is 0 Å². The molecular formula is C42H26N4S2. The number of aromatic nitrogens is 4. The Morgan fingerprint density at radius 3 is 1.46 bits per heavy atom. The van der Waals surface area contributed by atoms with Crippen LogP contribution in [0, 0.1) is 0 Å². The Balaban J connectivity index is 1.36. The van der Waals surface area contributed by atoms with Crippen LogP contribution < -0.4 is 0 Å². The summed E-state index contributed by atoms with van der Waals surface area (Å²) >= 11 is 3.27. The average Bonchev–Trinajstić information content (AvgIpc) is 3.90. The summed E-state index contributed by atoms with van der Waals surface area (Å²) in [5.74, 6) is 0. The van der Waals surface area contributed by atoms with Gasteiger partial charge < -0.3 is 0 Å². The van der Waals surface area contributed by atoms with Gasteiger partial charge in [0.25, 0.3) is 0 Å². The molecule has 0 N–H and O–H groups in total. The fraction of sp³-hybridized carbons (Fsp3) is 0. The molecule has 9 aromatic rings. The Kier molecular flexibility index (Phi) is 7.15. The molecule has 4 aromatic heterocycles. The fourth-order valence-electron chi connectivity index (χ4n) is 6.63. The van der Waals surface area contributed by atoms with E-state index in [9.17, 15) is 0 Å². The van der Waals surface area contributed by atoms with Crippen molar-refractivity contribution in [1.82, 2.24) is 19.9 Å². The smallest absolute Gasteiger partial charge is 0.123 e. The number of hydrogen-bond donors (Lipinski definition) is 0. The highest BCUT2D eigenvalue weighted by Gasteiger charge is 2.20. The van der Waals surface area contributed by atoms with E-state index in [1.165, 1.54) is 16.7 Å². The van der Waals surface area contributed by atoms with E-state index in [2.05, 4.69) is 119 Å². The summed E-state index contributed by atoms with van der Waals surface area (Å²) in [4.78, 5) is 19.1. The first-order chi connectivity index (χ1) is 23.8. The summed E-state index contributed by atoms with van der Waals surface area (Å²) in [6.07, 6.45) is 7.49. The van der Waals surface area contributed by atoms with Crippen molar-refractivity contribution in [3.8, 4) is 65.9 Å². The first-order valence-electron chi connectivity index (χ1n) is 15.7. The summed E-state index contributed by atoms with van der Waals surface area (Å²) in [5.41, 5.74) is 10.8. The van der Waals surface area contributed by atoms with Gasteiger partial charge in [0.2, 0.25) is 0 Å². The van der Waals surface area contributed by atoms with E-state index in [1.54, 1.807) is 22.7 Å². The van der Waals surface area contributed by atoms with E-state index >= 15 is 0 Å². The summed E-state index contributed by atoms with van der Waals surface area (Å²) in [6, 6.07) is 43.1. The van der Waals surface area contributed by atoms with Crippen LogP contribution in [0.1, 0.15) is 0 Å². The summed E-state index contributed by atoms with van der Waals surface area (Å²) in [7, 11) is 0. The van der Waals surface area contributed by atoms with Crippen LogP contribution in [-0.4, -0.2) is 19.9 Å². The van der Waals surface area contributed by atoms with Crippen LogP contribution in [0.2, 0.25) is 0 Å². The Hall–Kier alpha value is -5.82. The fourth-order valence-corrected chi connectivity index (χ4v) is 7.91. The summed E-state index contributed by atoms with van der Waals surface area (Å²) < 4.78 is 0. The predicted molar refractivity (Wildman–Crippen MR) is 201 cm³/mol. The van der Waals surface area contributed by atoms with Crippen LogP contribution >= 0.6 is 22.7 Å². The molecule has 0 aliphatic carbocycles. The second kappa shape index (κ2) is 12.1. The third-order valence-electron chi connectivity index (χ3n) is 8.74. The molecule has 0 spiro atoms. The van der Waals surface area contributed by atoms with Crippen LogP contribution in [0.25, 0.3) is 87.5 Å². The normalized spacial score (nSPS) is 11.3. The van der Waals surface area contributed by atoms with E-state index in [-0.39, 0.29) is 0 Å². The van der Waals surface area contributed by atoms with Gasteiger partial charge in [0.05, 0.1) is 11.4 Å². The first kappa shape index (κ1) is 28.4. The van der Waals surface area contributed by atoms with Crippen molar-refractivity contribution >= 4 is 44.2 Å². The summed E-state index contributed by atoms with van der Waals surface area (Å²) in [5, 5.41) is 10.5. The SMILES string of the molecule is c1ccc(-c2ccccc2-c2ccc3c(-c4cc(-c5nccs5)ccn4)c4ccccc4c(-c4cc(-c5nccs5)ccn4)c3c2)cc1. The largest absolute Gasteiger partial charge is 0.256 e. The first-order valence-corrected chi connectivity index (χ1v) is 17.4. The lowest BCUT2D eigenvalue weighted by Crippen LogP contribution is -1.95. The number of hydrogen-bond acceptors (Lipinski definition) is 6. The lowest BCUT2D eigenvalue weighted by Gasteiger charge is -2.19. The highest BCUT2D eigenvalue weighted by atomic mass is 32.1. The van der Waals surface area contributed by atoms with E-state index in [4.69, 9.17) is 9.97 Å². The zero-order chi connectivity index (χ0) is 31.9. The molecule has 5 aromatic carbocycles. The molecule has 0 aliphatic rings. The second-order valence-corrected chi connectivity index (χ2v) is 13.3. The lowest BCUT2D eigenvalue weighted by atomic mass is 9.86. The summed E-state index contributed by atoms with van der Waals surface area (Å²) in [6.45, 7) is 0. The molecule has 48 heavy (non-hydrogen) atoms. The molecule has 6 heteroatoms. The highest BCUT2D eigenvalue weighted by Crippen LogP contribution is 2.45. The van der Waals surface area contributed by atoms with Crippen LogP contribution in [0.5, 0.6) is 0 Å². The Labute approximate surface area is 285 Å². The Morgan fingerprint density at radius 1 is 0.354 bits per heavy atom. The molecule has 0 aliphatic heterocycles. The van der Waals surface area contributed by atoms with Gasteiger partial charge in [-0.25, -0.2) is 9.97 Å². The van der Waals surface area contributed by atoms with Crippen LogP contribution in [0.3, 0.4) is 0 Å². The number of fused-ring (bicyclic) bond motifs is 2. The van der Waals surface area contributed by atoms with Gasteiger partial charge in [0, 0.05) is 57.8 Å². The Bertz CT molecular complexity index is 2560. The van der Waals surface area contributed by atoms with Crippen molar-refractivity contribution in [2.75, 3.05) is 0 Å². The molecule has 9 rings (SSSR count). The lowest BCUT2D eigenvalue weighted by molar-refractivity contribution is 1.32. The molecule has 0 saturated heterocycles. The minimum Gasteiger partial charge on any atom is -0.256 e. The second-order valence-electron chi connectivity index (χ2n) is 11.5. The molecule has 0 radical (unpaired) electrons. The Morgan fingerprint density at radius 2 is 0.875 bits per heavy atom. The van der Waals surface area contributed by atoms with Gasteiger partial charge in [-0.15, -0.1) is 22.7 Å².